The lowest BCUT2D eigenvalue weighted by Crippen LogP contribution is -2.22. The summed E-state index contributed by atoms with van der Waals surface area (Å²) >= 11 is 0. The van der Waals surface area contributed by atoms with E-state index < -0.39 is 0 Å². The molecule has 1 aromatic heterocycles. The van der Waals surface area contributed by atoms with Gasteiger partial charge in [0, 0.05) is 18.2 Å². The molecule has 0 spiro atoms. The molecule has 0 aliphatic heterocycles. The smallest absolute Gasteiger partial charge is 0.135 e. The van der Waals surface area contributed by atoms with Crippen LogP contribution >= 0.6 is 0 Å². The molecule has 1 fully saturated rings. The van der Waals surface area contributed by atoms with Crippen LogP contribution in [0.25, 0.3) is 0 Å². The quantitative estimate of drug-likeness (QED) is 0.707. The van der Waals surface area contributed by atoms with Crippen LogP contribution in [-0.2, 0) is 0 Å². The first-order chi connectivity index (χ1) is 10.2. The van der Waals surface area contributed by atoms with Gasteiger partial charge in [-0.2, -0.15) is 0 Å². The van der Waals surface area contributed by atoms with Gasteiger partial charge in [0.15, 0.2) is 0 Å². The van der Waals surface area contributed by atoms with Gasteiger partial charge in [0.2, 0.25) is 0 Å². The summed E-state index contributed by atoms with van der Waals surface area (Å²) in [6.45, 7) is 9.80. The van der Waals surface area contributed by atoms with E-state index in [0.29, 0.717) is 12.0 Å². The monoisotopic (exact) mass is 290 g/mol. The van der Waals surface area contributed by atoms with Gasteiger partial charge >= 0.3 is 0 Å². The Bertz CT molecular complexity index is 440. The Labute approximate surface area is 129 Å². The molecule has 2 rings (SSSR count). The maximum absolute atomic E-state index is 4.52. The zero-order chi connectivity index (χ0) is 15.2. The minimum atomic E-state index is 0.409. The molecule has 0 aromatic carbocycles. The van der Waals surface area contributed by atoms with Crippen molar-refractivity contribution in [1.29, 1.82) is 0 Å². The number of hydrogen-bond donors (Lipinski definition) is 2. The lowest BCUT2D eigenvalue weighted by Gasteiger charge is -2.22. The van der Waals surface area contributed by atoms with E-state index in [1.54, 1.807) is 6.33 Å². The summed E-state index contributed by atoms with van der Waals surface area (Å²) in [6, 6.07) is 0.531. The third-order valence-corrected chi connectivity index (χ3v) is 4.15. The molecule has 2 N–H and O–H groups in total. The van der Waals surface area contributed by atoms with Crippen molar-refractivity contribution in [1.82, 2.24) is 9.97 Å². The molecule has 4 nitrogen and oxygen atoms in total. The van der Waals surface area contributed by atoms with E-state index >= 15 is 0 Å². The van der Waals surface area contributed by atoms with Crippen molar-refractivity contribution in [3.8, 4) is 0 Å². The zero-order valence-corrected chi connectivity index (χ0v) is 13.9. The molecule has 1 atom stereocenters. The van der Waals surface area contributed by atoms with E-state index in [9.17, 15) is 0 Å². The summed E-state index contributed by atoms with van der Waals surface area (Å²) in [5.74, 6) is 3.35. The molecule has 1 heterocycles. The third-order valence-electron chi connectivity index (χ3n) is 4.15. The molecular weight excluding hydrogens is 260 g/mol. The number of anilines is 2. The fourth-order valence-electron chi connectivity index (χ4n) is 2.72. The highest BCUT2D eigenvalue weighted by atomic mass is 15.1. The van der Waals surface area contributed by atoms with Crippen molar-refractivity contribution in [3.63, 3.8) is 0 Å². The maximum Gasteiger partial charge on any atom is 0.135 e. The van der Waals surface area contributed by atoms with E-state index in [1.807, 2.05) is 0 Å². The summed E-state index contributed by atoms with van der Waals surface area (Å²) in [6.07, 6.45) is 8.01. The minimum Gasteiger partial charge on any atom is -0.370 e. The van der Waals surface area contributed by atoms with Crippen LogP contribution in [0, 0.1) is 5.92 Å². The second kappa shape index (κ2) is 7.62. The van der Waals surface area contributed by atoms with Gasteiger partial charge in [0.25, 0.3) is 0 Å². The predicted molar refractivity (Wildman–Crippen MR) is 89.9 cm³/mol. The molecule has 1 aliphatic carbocycles. The Kier molecular flexibility index (Phi) is 5.83. The molecule has 4 heteroatoms. The SMILES string of the molecule is CCCNc1ncnc(NC(CC)CC2CC2)c1C(C)C. The van der Waals surface area contributed by atoms with Crippen LogP contribution in [-0.4, -0.2) is 22.6 Å². The topological polar surface area (TPSA) is 49.8 Å². The molecule has 1 aromatic rings. The van der Waals surface area contributed by atoms with E-state index in [2.05, 4.69) is 48.3 Å². The average molecular weight is 290 g/mol. The number of nitrogens with one attached hydrogen (secondary N) is 2. The first-order valence-corrected chi connectivity index (χ1v) is 8.50. The summed E-state index contributed by atoms with van der Waals surface area (Å²) < 4.78 is 0. The fourth-order valence-corrected chi connectivity index (χ4v) is 2.72. The lowest BCUT2D eigenvalue weighted by molar-refractivity contribution is 0.583. The van der Waals surface area contributed by atoms with Gasteiger partial charge in [0.1, 0.15) is 18.0 Å². The van der Waals surface area contributed by atoms with E-state index in [0.717, 1.165) is 36.9 Å². The van der Waals surface area contributed by atoms with Crippen LogP contribution in [0.2, 0.25) is 0 Å². The highest BCUT2D eigenvalue weighted by molar-refractivity contribution is 5.59. The van der Waals surface area contributed by atoms with Crippen LogP contribution in [0.3, 0.4) is 0 Å². The van der Waals surface area contributed by atoms with Gasteiger partial charge in [-0.3, -0.25) is 0 Å². The van der Waals surface area contributed by atoms with Gasteiger partial charge < -0.3 is 10.6 Å². The number of nitrogens with zero attached hydrogens (tertiary/aromatic N) is 2. The molecule has 118 valence electrons. The maximum atomic E-state index is 4.52. The molecule has 0 saturated heterocycles. The van der Waals surface area contributed by atoms with Crippen molar-refractivity contribution in [2.75, 3.05) is 17.2 Å². The van der Waals surface area contributed by atoms with E-state index in [1.165, 1.54) is 24.8 Å². The second-order valence-corrected chi connectivity index (χ2v) is 6.49. The number of aromatic nitrogens is 2. The van der Waals surface area contributed by atoms with Crippen LogP contribution in [0.1, 0.15) is 71.3 Å². The lowest BCUT2D eigenvalue weighted by atomic mass is 10.0. The van der Waals surface area contributed by atoms with Gasteiger partial charge in [-0.1, -0.05) is 40.5 Å². The summed E-state index contributed by atoms with van der Waals surface area (Å²) in [7, 11) is 0. The molecule has 1 saturated carbocycles. The Morgan fingerprint density at radius 2 is 1.90 bits per heavy atom. The normalized spacial score (nSPS) is 16.0. The Morgan fingerprint density at radius 1 is 1.19 bits per heavy atom. The molecule has 21 heavy (non-hydrogen) atoms. The predicted octanol–water partition coefficient (Wildman–Crippen LogP) is 4.41. The van der Waals surface area contributed by atoms with Crippen molar-refractivity contribution >= 4 is 11.6 Å². The van der Waals surface area contributed by atoms with Crippen LogP contribution in [0.5, 0.6) is 0 Å². The van der Waals surface area contributed by atoms with Crippen molar-refractivity contribution in [2.45, 2.75) is 71.8 Å². The van der Waals surface area contributed by atoms with Gasteiger partial charge in [0.05, 0.1) is 0 Å². The van der Waals surface area contributed by atoms with Gasteiger partial charge in [-0.05, 0) is 31.1 Å². The van der Waals surface area contributed by atoms with E-state index in [4.69, 9.17) is 0 Å². The highest BCUT2D eigenvalue weighted by Crippen LogP contribution is 2.36. The fraction of sp³-hybridized carbons (Fsp3) is 0.765. The van der Waals surface area contributed by atoms with Gasteiger partial charge in [-0.15, -0.1) is 0 Å². The molecule has 1 aliphatic rings. The third kappa shape index (κ3) is 4.58. The van der Waals surface area contributed by atoms with Crippen molar-refractivity contribution in [3.05, 3.63) is 11.9 Å². The van der Waals surface area contributed by atoms with Crippen molar-refractivity contribution < 1.29 is 0 Å². The average Bonchev–Trinajstić information content (AvgIpc) is 3.28. The Morgan fingerprint density at radius 3 is 2.48 bits per heavy atom. The first-order valence-electron chi connectivity index (χ1n) is 8.50. The number of hydrogen-bond acceptors (Lipinski definition) is 4. The zero-order valence-electron chi connectivity index (χ0n) is 13.9. The van der Waals surface area contributed by atoms with Gasteiger partial charge in [-0.25, -0.2) is 9.97 Å². The standard InChI is InChI=1S/C17H30N4/c1-5-9-18-16-15(12(3)4)17(20-11-19-16)21-14(6-2)10-13-7-8-13/h11-14H,5-10H2,1-4H3,(H2,18,19,20,21). The van der Waals surface area contributed by atoms with E-state index in [-0.39, 0.29) is 0 Å². The minimum absolute atomic E-state index is 0.409. The molecule has 1 unspecified atom stereocenters. The molecule has 0 amide bonds. The summed E-state index contributed by atoms with van der Waals surface area (Å²) in [5, 5.41) is 7.11. The highest BCUT2D eigenvalue weighted by Gasteiger charge is 2.25. The van der Waals surface area contributed by atoms with Crippen LogP contribution in [0.4, 0.5) is 11.6 Å². The number of rotatable bonds is 9. The Balaban J connectivity index is 2.15. The second-order valence-electron chi connectivity index (χ2n) is 6.49. The molecular formula is C17H30N4. The molecule has 0 radical (unpaired) electrons. The Hall–Kier alpha value is -1.32. The summed E-state index contributed by atoms with van der Waals surface area (Å²) in [4.78, 5) is 8.96. The summed E-state index contributed by atoms with van der Waals surface area (Å²) in [5.41, 5.74) is 1.22. The van der Waals surface area contributed by atoms with Crippen LogP contribution < -0.4 is 10.6 Å². The first kappa shape index (κ1) is 16.1. The largest absolute Gasteiger partial charge is 0.370 e. The van der Waals surface area contributed by atoms with Crippen LogP contribution in [0.15, 0.2) is 6.33 Å². The van der Waals surface area contributed by atoms with Crippen molar-refractivity contribution in [2.24, 2.45) is 5.92 Å². The molecule has 0 bridgehead atoms.